The largest absolute Gasteiger partial charge is 0.488 e. The maximum atomic E-state index is 11.4. The second kappa shape index (κ2) is 5.54. The van der Waals surface area contributed by atoms with Gasteiger partial charge in [-0.15, -0.1) is 0 Å². The van der Waals surface area contributed by atoms with Crippen molar-refractivity contribution < 1.29 is 13.2 Å². The summed E-state index contributed by atoms with van der Waals surface area (Å²) in [6.45, 7) is 1.49. The van der Waals surface area contributed by atoms with Gasteiger partial charge in [0.05, 0.1) is 11.5 Å². The summed E-state index contributed by atoms with van der Waals surface area (Å²) in [4.78, 5) is 0. The zero-order valence-electron chi connectivity index (χ0n) is 11.1. The Hall–Kier alpha value is -0.780. The highest BCUT2D eigenvalue weighted by atomic mass is 35.5. The molecular weight excluding hydrogens is 298 g/mol. The third-order valence-electron chi connectivity index (χ3n) is 3.90. The number of rotatable bonds is 4. The van der Waals surface area contributed by atoms with Crippen LogP contribution < -0.4 is 10.1 Å². The van der Waals surface area contributed by atoms with Gasteiger partial charge in [0.1, 0.15) is 11.9 Å². The summed E-state index contributed by atoms with van der Waals surface area (Å²) in [7, 11) is -2.78. The number of hydrogen-bond acceptors (Lipinski definition) is 4. The molecule has 0 saturated carbocycles. The highest BCUT2D eigenvalue weighted by Gasteiger charge is 2.28. The molecule has 2 unspecified atom stereocenters. The fourth-order valence-corrected chi connectivity index (χ4v) is 4.94. The molecule has 1 aromatic rings. The summed E-state index contributed by atoms with van der Waals surface area (Å²) in [6, 6.07) is 5.68. The van der Waals surface area contributed by atoms with E-state index in [1.807, 2.05) is 18.2 Å². The van der Waals surface area contributed by atoms with Crippen LogP contribution in [-0.4, -0.2) is 39.1 Å². The van der Waals surface area contributed by atoms with Crippen LogP contribution in [0.5, 0.6) is 5.75 Å². The predicted octanol–water partition coefficient (Wildman–Crippen LogP) is 1.67. The summed E-state index contributed by atoms with van der Waals surface area (Å²) in [5, 5.41) is 4.07. The Labute approximate surface area is 124 Å². The van der Waals surface area contributed by atoms with E-state index in [-0.39, 0.29) is 12.0 Å². The molecule has 2 atom stereocenters. The molecule has 6 heteroatoms. The van der Waals surface area contributed by atoms with Gasteiger partial charge in [-0.2, -0.15) is 0 Å². The molecule has 2 aliphatic heterocycles. The Bertz CT molecular complexity index is 602. The molecule has 0 aliphatic carbocycles. The molecule has 4 nitrogen and oxygen atoms in total. The highest BCUT2D eigenvalue weighted by Crippen LogP contribution is 2.30. The number of hydrogen-bond donors (Lipinski definition) is 1. The second-order valence-corrected chi connectivity index (χ2v) is 8.29. The van der Waals surface area contributed by atoms with E-state index >= 15 is 0 Å². The molecule has 1 saturated heterocycles. The third-order valence-corrected chi connectivity index (χ3v) is 5.97. The lowest BCUT2D eigenvalue weighted by atomic mass is 10.1. The second-order valence-electron chi connectivity index (χ2n) is 5.62. The summed E-state index contributed by atoms with van der Waals surface area (Å²) in [5.41, 5.74) is 1.15. The molecule has 0 spiro atoms. The van der Waals surface area contributed by atoms with Gasteiger partial charge in [0, 0.05) is 18.0 Å². The van der Waals surface area contributed by atoms with E-state index in [4.69, 9.17) is 16.3 Å². The van der Waals surface area contributed by atoms with E-state index in [1.165, 1.54) is 0 Å². The number of sulfone groups is 1. The summed E-state index contributed by atoms with van der Waals surface area (Å²) in [5.74, 6) is 1.81. The van der Waals surface area contributed by atoms with Gasteiger partial charge in [0.2, 0.25) is 0 Å². The van der Waals surface area contributed by atoms with Crippen molar-refractivity contribution in [2.24, 2.45) is 5.92 Å². The van der Waals surface area contributed by atoms with E-state index < -0.39 is 9.84 Å². The van der Waals surface area contributed by atoms with Crippen molar-refractivity contribution in [3.05, 3.63) is 28.8 Å². The van der Waals surface area contributed by atoms with Crippen LogP contribution in [0.25, 0.3) is 0 Å². The molecule has 0 bridgehead atoms. The normalized spacial score (nSPS) is 27.2. The minimum Gasteiger partial charge on any atom is -0.488 e. The van der Waals surface area contributed by atoms with Crippen molar-refractivity contribution in [1.29, 1.82) is 0 Å². The molecule has 3 rings (SSSR count). The standard InChI is InChI=1S/C14H18ClNO3S/c15-12-1-2-14-11(5-12)6-13(19-14)8-16-7-10-3-4-20(17,18)9-10/h1-2,5,10,13,16H,3-4,6-9H2. The maximum Gasteiger partial charge on any atom is 0.150 e. The zero-order valence-corrected chi connectivity index (χ0v) is 12.7. The van der Waals surface area contributed by atoms with Crippen molar-refractivity contribution in [3.63, 3.8) is 0 Å². The number of benzene rings is 1. The molecule has 1 fully saturated rings. The van der Waals surface area contributed by atoms with Crippen molar-refractivity contribution in [3.8, 4) is 5.75 Å². The minimum absolute atomic E-state index is 0.112. The van der Waals surface area contributed by atoms with Crippen LogP contribution in [0.3, 0.4) is 0 Å². The van der Waals surface area contributed by atoms with Crippen molar-refractivity contribution >= 4 is 21.4 Å². The monoisotopic (exact) mass is 315 g/mol. The van der Waals surface area contributed by atoms with E-state index in [0.717, 1.165) is 42.3 Å². The van der Waals surface area contributed by atoms with Crippen LogP contribution >= 0.6 is 11.6 Å². The van der Waals surface area contributed by atoms with Gasteiger partial charge in [0.25, 0.3) is 0 Å². The maximum absolute atomic E-state index is 11.4. The number of halogens is 1. The Balaban J connectivity index is 1.45. The van der Waals surface area contributed by atoms with Gasteiger partial charge in [-0.3, -0.25) is 0 Å². The first-order chi connectivity index (χ1) is 9.52. The van der Waals surface area contributed by atoms with Gasteiger partial charge >= 0.3 is 0 Å². The Morgan fingerprint density at radius 3 is 2.95 bits per heavy atom. The number of fused-ring (bicyclic) bond motifs is 1. The van der Waals surface area contributed by atoms with Gasteiger partial charge in [-0.05, 0) is 42.6 Å². The lowest BCUT2D eigenvalue weighted by molar-refractivity contribution is 0.225. The van der Waals surface area contributed by atoms with E-state index in [0.29, 0.717) is 11.5 Å². The van der Waals surface area contributed by atoms with Crippen LogP contribution in [0.15, 0.2) is 18.2 Å². The molecule has 20 heavy (non-hydrogen) atoms. The van der Waals surface area contributed by atoms with Gasteiger partial charge < -0.3 is 10.1 Å². The van der Waals surface area contributed by atoms with Gasteiger partial charge in [-0.1, -0.05) is 11.6 Å². The Morgan fingerprint density at radius 1 is 1.35 bits per heavy atom. The third kappa shape index (κ3) is 3.27. The average Bonchev–Trinajstić information content (AvgIpc) is 2.92. The summed E-state index contributed by atoms with van der Waals surface area (Å²) < 4.78 is 28.6. The quantitative estimate of drug-likeness (QED) is 0.918. The average molecular weight is 316 g/mol. The Morgan fingerprint density at radius 2 is 2.20 bits per heavy atom. The Kier molecular flexibility index (Phi) is 3.93. The first-order valence-corrected chi connectivity index (χ1v) is 9.08. The molecule has 2 aliphatic rings. The summed E-state index contributed by atoms with van der Waals surface area (Å²) >= 11 is 5.96. The van der Waals surface area contributed by atoms with Crippen LogP contribution in [0, 0.1) is 5.92 Å². The molecule has 0 amide bonds. The molecule has 0 radical (unpaired) electrons. The molecular formula is C14H18ClNO3S. The lowest BCUT2D eigenvalue weighted by Crippen LogP contribution is -2.33. The van der Waals surface area contributed by atoms with E-state index in [2.05, 4.69) is 5.32 Å². The lowest BCUT2D eigenvalue weighted by Gasteiger charge is -2.14. The predicted molar refractivity (Wildman–Crippen MR) is 79.2 cm³/mol. The van der Waals surface area contributed by atoms with Crippen LogP contribution in [0.2, 0.25) is 5.02 Å². The van der Waals surface area contributed by atoms with Gasteiger partial charge in [0.15, 0.2) is 9.84 Å². The molecule has 110 valence electrons. The smallest absolute Gasteiger partial charge is 0.150 e. The van der Waals surface area contributed by atoms with Crippen molar-refractivity contribution in [2.45, 2.75) is 18.9 Å². The molecule has 0 aromatic heterocycles. The first kappa shape index (κ1) is 14.2. The van der Waals surface area contributed by atoms with E-state index in [1.54, 1.807) is 0 Å². The number of ether oxygens (including phenoxy) is 1. The molecule has 1 aromatic carbocycles. The van der Waals surface area contributed by atoms with Crippen molar-refractivity contribution in [1.82, 2.24) is 5.32 Å². The van der Waals surface area contributed by atoms with E-state index in [9.17, 15) is 8.42 Å². The van der Waals surface area contributed by atoms with Crippen LogP contribution in [0.4, 0.5) is 0 Å². The fraction of sp³-hybridized carbons (Fsp3) is 0.571. The van der Waals surface area contributed by atoms with Crippen LogP contribution in [0.1, 0.15) is 12.0 Å². The zero-order chi connectivity index (χ0) is 14.2. The molecule has 2 heterocycles. The van der Waals surface area contributed by atoms with Crippen molar-refractivity contribution in [2.75, 3.05) is 24.6 Å². The molecule has 1 N–H and O–H groups in total. The summed E-state index contributed by atoms with van der Waals surface area (Å²) in [6.07, 6.45) is 1.74. The first-order valence-electron chi connectivity index (χ1n) is 6.88. The number of nitrogens with one attached hydrogen (secondary N) is 1. The van der Waals surface area contributed by atoms with Crippen LogP contribution in [-0.2, 0) is 16.3 Å². The topological polar surface area (TPSA) is 55.4 Å². The fourth-order valence-electron chi connectivity index (χ4n) is 2.88. The minimum atomic E-state index is -2.78. The van der Waals surface area contributed by atoms with Gasteiger partial charge in [-0.25, -0.2) is 8.42 Å². The SMILES string of the molecule is O=S1(=O)CCC(CNCC2Cc3cc(Cl)ccc3O2)C1. The highest BCUT2D eigenvalue weighted by molar-refractivity contribution is 7.91.